The van der Waals surface area contributed by atoms with E-state index in [0.717, 1.165) is 44.7 Å². The van der Waals surface area contributed by atoms with E-state index in [1.165, 1.54) is 12.8 Å². The normalized spacial score (nSPS) is 27.1. The number of hydrogen-bond donors (Lipinski definition) is 1. The molecular formula is C15H24N4O. The Bertz CT molecular complexity index is 470. The summed E-state index contributed by atoms with van der Waals surface area (Å²) in [5.74, 6) is 1.36. The smallest absolute Gasteiger partial charge is 0.237 e. The van der Waals surface area contributed by atoms with Crippen LogP contribution in [0, 0.1) is 0 Å². The van der Waals surface area contributed by atoms with Crippen LogP contribution in [0.4, 0.5) is 0 Å². The summed E-state index contributed by atoms with van der Waals surface area (Å²) in [6, 6.07) is 0.336. The van der Waals surface area contributed by atoms with Gasteiger partial charge >= 0.3 is 0 Å². The third-order valence-corrected chi connectivity index (χ3v) is 4.60. The highest BCUT2D eigenvalue weighted by Crippen LogP contribution is 2.18. The number of carbonyl (C=O) groups is 1. The fourth-order valence-corrected chi connectivity index (χ4v) is 3.45. The van der Waals surface area contributed by atoms with Gasteiger partial charge in [0.1, 0.15) is 5.82 Å². The summed E-state index contributed by atoms with van der Waals surface area (Å²) in [5, 5.41) is 3.25. The lowest BCUT2D eigenvalue weighted by atomic mass is 10.00. The summed E-state index contributed by atoms with van der Waals surface area (Å²) >= 11 is 0. The van der Waals surface area contributed by atoms with E-state index < -0.39 is 0 Å². The highest BCUT2D eigenvalue weighted by Gasteiger charge is 2.29. The monoisotopic (exact) mass is 276 g/mol. The Hall–Kier alpha value is -1.36. The molecule has 2 atom stereocenters. The van der Waals surface area contributed by atoms with Gasteiger partial charge in [-0.3, -0.25) is 9.69 Å². The van der Waals surface area contributed by atoms with Crippen LogP contribution >= 0.6 is 0 Å². The van der Waals surface area contributed by atoms with Gasteiger partial charge in [0.2, 0.25) is 5.91 Å². The Morgan fingerprint density at radius 3 is 3.20 bits per heavy atom. The average Bonchev–Trinajstić information content (AvgIpc) is 2.94. The second-order valence-corrected chi connectivity index (χ2v) is 5.88. The molecule has 1 saturated heterocycles. The lowest BCUT2D eigenvalue weighted by Gasteiger charge is -2.35. The van der Waals surface area contributed by atoms with Crippen LogP contribution < -0.4 is 5.32 Å². The number of nitrogens with zero attached hydrogens (tertiary/aromatic N) is 3. The predicted octanol–water partition coefficient (Wildman–Crippen LogP) is 1.19. The molecule has 20 heavy (non-hydrogen) atoms. The van der Waals surface area contributed by atoms with Crippen molar-refractivity contribution in [3.05, 3.63) is 18.2 Å². The molecule has 2 aliphatic rings. The largest absolute Gasteiger partial charge is 0.350 e. The predicted molar refractivity (Wildman–Crippen MR) is 77.4 cm³/mol. The van der Waals surface area contributed by atoms with Crippen LogP contribution in [-0.2, 0) is 17.8 Å². The lowest BCUT2D eigenvalue weighted by Crippen LogP contribution is -2.52. The fraction of sp³-hybridized carbons (Fsp3) is 0.733. The second kappa shape index (κ2) is 5.95. The highest BCUT2D eigenvalue weighted by molar-refractivity contribution is 5.82. The number of fused-ring (bicyclic) bond motifs is 1. The summed E-state index contributed by atoms with van der Waals surface area (Å²) in [6.07, 6.45) is 9.21. The van der Waals surface area contributed by atoms with Gasteiger partial charge in [0.15, 0.2) is 0 Å². The molecule has 1 N–H and O–H groups in total. The quantitative estimate of drug-likeness (QED) is 0.902. The number of aromatic nitrogens is 2. The van der Waals surface area contributed by atoms with Crippen LogP contribution in [0.1, 0.15) is 38.4 Å². The van der Waals surface area contributed by atoms with Gasteiger partial charge in [0.25, 0.3) is 0 Å². The maximum atomic E-state index is 12.5. The molecule has 1 amide bonds. The molecule has 1 aromatic rings. The van der Waals surface area contributed by atoms with E-state index in [9.17, 15) is 4.79 Å². The molecule has 5 heteroatoms. The van der Waals surface area contributed by atoms with Crippen LogP contribution in [0.2, 0.25) is 0 Å². The van der Waals surface area contributed by atoms with Crippen molar-refractivity contribution in [3.8, 4) is 0 Å². The van der Waals surface area contributed by atoms with Crippen molar-refractivity contribution in [2.75, 3.05) is 13.1 Å². The minimum Gasteiger partial charge on any atom is -0.350 e. The molecular weight excluding hydrogens is 252 g/mol. The van der Waals surface area contributed by atoms with Crippen LogP contribution in [-0.4, -0.2) is 45.5 Å². The third kappa shape index (κ3) is 2.73. The Balaban J connectivity index is 1.59. The highest BCUT2D eigenvalue weighted by atomic mass is 16.2. The van der Waals surface area contributed by atoms with Gasteiger partial charge in [-0.1, -0.05) is 13.3 Å². The van der Waals surface area contributed by atoms with Gasteiger partial charge in [-0.25, -0.2) is 4.98 Å². The summed E-state index contributed by atoms with van der Waals surface area (Å²) in [5.41, 5.74) is 0. The van der Waals surface area contributed by atoms with Crippen molar-refractivity contribution in [2.45, 2.75) is 57.7 Å². The molecule has 3 heterocycles. The number of aryl methyl sites for hydroxylation is 1. The minimum atomic E-state index is 0.0814. The van der Waals surface area contributed by atoms with E-state index in [4.69, 9.17) is 0 Å². The molecule has 1 aromatic heterocycles. The zero-order valence-electron chi connectivity index (χ0n) is 12.2. The SMILES string of the molecule is CCN1CCCC[C@H]1C(=O)N[C@H]1CCc2nccn2C1. The van der Waals surface area contributed by atoms with E-state index >= 15 is 0 Å². The summed E-state index contributed by atoms with van der Waals surface area (Å²) in [4.78, 5) is 19.1. The van der Waals surface area contributed by atoms with Crippen molar-refractivity contribution in [2.24, 2.45) is 0 Å². The first kappa shape index (κ1) is 13.6. The van der Waals surface area contributed by atoms with Gasteiger partial charge in [0, 0.05) is 31.4 Å². The number of hydrogen-bond acceptors (Lipinski definition) is 3. The van der Waals surface area contributed by atoms with E-state index in [1.54, 1.807) is 0 Å². The van der Waals surface area contributed by atoms with Gasteiger partial charge in [0.05, 0.1) is 6.04 Å². The molecule has 0 aromatic carbocycles. The van der Waals surface area contributed by atoms with Crippen molar-refractivity contribution >= 4 is 5.91 Å². The van der Waals surface area contributed by atoms with Crippen LogP contribution in [0.5, 0.6) is 0 Å². The van der Waals surface area contributed by atoms with Gasteiger partial charge in [-0.2, -0.15) is 0 Å². The van der Waals surface area contributed by atoms with E-state index in [2.05, 4.69) is 26.7 Å². The third-order valence-electron chi connectivity index (χ3n) is 4.60. The molecule has 2 aliphatic heterocycles. The molecule has 0 bridgehead atoms. The van der Waals surface area contributed by atoms with E-state index in [1.807, 2.05) is 12.4 Å². The van der Waals surface area contributed by atoms with Crippen LogP contribution in [0.3, 0.4) is 0 Å². The van der Waals surface area contributed by atoms with E-state index in [-0.39, 0.29) is 18.0 Å². The standard InChI is InChI=1S/C15H24N4O/c1-2-18-9-4-3-5-13(18)15(20)17-12-6-7-14-16-8-10-19(14)11-12/h8,10,12-13H,2-7,9,11H2,1H3,(H,17,20)/t12-,13-/m0/s1. The number of likely N-dealkylation sites (N-methyl/N-ethyl adjacent to an activating group) is 1. The number of nitrogens with one attached hydrogen (secondary N) is 1. The molecule has 3 rings (SSSR count). The molecule has 0 unspecified atom stereocenters. The van der Waals surface area contributed by atoms with Gasteiger partial charge in [-0.15, -0.1) is 0 Å². The first-order chi connectivity index (χ1) is 9.78. The summed E-state index contributed by atoms with van der Waals surface area (Å²) in [6.45, 7) is 5.03. The first-order valence-electron chi connectivity index (χ1n) is 7.82. The number of amides is 1. The van der Waals surface area contributed by atoms with Crippen LogP contribution in [0.15, 0.2) is 12.4 Å². The zero-order valence-corrected chi connectivity index (χ0v) is 12.2. The maximum absolute atomic E-state index is 12.5. The van der Waals surface area contributed by atoms with E-state index in [0.29, 0.717) is 0 Å². The summed E-state index contributed by atoms with van der Waals surface area (Å²) in [7, 11) is 0. The Kier molecular flexibility index (Phi) is 4.05. The number of carbonyl (C=O) groups excluding carboxylic acids is 1. The Morgan fingerprint density at radius 1 is 1.45 bits per heavy atom. The fourth-order valence-electron chi connectivity index (χ4n) is 3.45. The minimum absolute atomic E-state index is 0.0814. The lowest BCUT2D eigenvalue weighted by molar-refractivity contribution is -0.128. The van der Waals surface area contributed by atoms with Crippen LogP contribution in [0.25, 0.3) is 0 Å². The first-order valence-corrected chi connectivity index (χ1v) is 7.82. The van der Waals surface area contributed by atoms with Crippen molar-refractivity contribution in [3.63, 3.8) is 0 Å². The number of imidazole rings is 1. The Morgan fingerprint density at radius 2 is 2.35 bits per heavy atom. The molecule has 0 radical (unpaired) electrons. The molecule has 0 saturated carbocycles. The average molecular weight is 276 g/mol. The topological polar surface area (TPSA) is 50.2 Å². The molecule has 110 valence electrons. The zero-order chi connectivity index (χ0) is 13.9. The number of likely N-dealkylation sites (tertiary alicyclic amines) is 1. The van der Waals surface area contributed by atoms with Crippen molar-refractivity contribution in [1.82, 2.24) is 19.8 Å². The number of rotatable bonds is 3. The summed E-state index contributed by atoms with van der Waals surface area (Å²) < 4.78 is 2.16. The van der Waals surface area contributed by atoms with Crippen molar-refractivity contribution in [1.29, 1.82) is 0 Å². The number of piperidine rings is 1. The second-order valence-electron chi connectivity index (χ2n) is 5.88. The maximum Gasteiger partial charge on any atom is 0.237 e. The molecule has 0 aliphatic carbocycles. The van der Waals surface area contributed by atoms with Gasteiger partial charge < -0.3 is 9.88 Å². The van der Waals surface area contributed by atoms with Gasteiger partial charge in [-0.05, 0) is 32.4 Å². The molecule has 5 nitrogen and oxygen atoms in total. The molecule has 1 fully saturated rings. The van der Waals surface area contributed by atoms with Crippen molar-refractivity contribution < 1.29 is 4.79 Å². The Labute approximate surface area is 120 Å². The molecule has 0 spiro atoms.